The number of carboxylic acid groups (broad SMARTS) is 1. The molecule has 40 heavy (non-hydrogen) atoms. The van der Waals surface area contributed by atoms with E-state index in [1.54, 1.807) is 13.2 Å². The van der Waals surface area contributed by atoms with Gasteiger partial charge in [0.05, 0.1) is 18.7 Å². The number of ether oxygens (including phenoxy) is 1. The molecular weight excluding hydrogens is 504 g/mol. The van der Waals surface area contributed by atoms with E-state index in [9.17, 15) is 14.7 Å². The van der Waals surface area contributed by atoms with Gasteiger partial charge in [-0.1, -0.05) is 31.4 Å². The van der Waals surface area contributed by atoms with Crippen LogP contribution in [0.4, 0.5) is 5.69 Å². The van der Waals surface area contributed by atoms with Crippen LogP contribution in [-0.4, -0.2) is 74.8 Å². The number of rotatable bonds is 7. The van der Waals surface area contributed by atoms with Crippen LogP contribution in [0.5, 0.6) is 5.75 Å². The summed E-state index contributed by atoms with van der Waals surface area (Å²) < 4.78 is 5.59. The number of aromatic carboxylic acids is 1. The van der Waals surface area contributed by atoms with Crippen molar-refractivity contribution in [2.24, 2.45) is 5.92 Å². The Bertz CT molecular complexity index is 1300. The van der Waals surface area contributed by atoms with Crippen LogP contribution in [0.15, 0.2) is 42.0 Å². The van der Waals surface area contributed by atoms with Crippen molar-refractivity contribution >= 4 is 23.6 Å². The highest BCUT2D eigenvalue weighted by Gasteiger charge is 2.46. The van der Waals surface area contributed by atoms with E-state index < -0.39 is 5.97 Å². The topological polar surface area (TPSA) is 94.1 Å². The molecule has 3 aliphatic heterocycles. The van der Waals surface area contributed by atoms with E-state index in [1.165, 1.54) is 43.2 Å². The van der Waals surface area contributed by atoms with Gasteiger partial charge in [0, 0.05) is 63.0 Å². The number of nitrogens with one attached hydrogen (secondary N) is 2. The van der Waals surface area contributed by atoms with E-state index in [4.69, 9.17) is 4.74 Å². The van der Waals surface area contributed by atoms with Crippen molar-refractivity contribution in [3.05, 3.63) is 64.2 Å². The van der Waals surface area contributed by atoms with Gasteiger partial charge in [-0.25, -0.2) is 4.79 Å². The first-order chi connectivity index (χ1) is 19.5. The Hall–Kier alpha value is -3.36. The fourth-order valence-corrected chi connectivity index (χ4v) is 7.28. The molecule has 8 nitrogen and oxygen atoms in total. The Kier molecular flexibility index (Phi) is 7.80. The first kappa shape index (κ1) is 26.8. The summed E-state index contributed by atoms with van der Waals surface area (Å²) >= 11 is 0. The largest absolute Gasteiger partial charge is 0.497 e. The van der Waals surface area contributed by atoms with Crippen LogP contribution in [0.25, 0.3) is 6.08 Å². The van der Waals surface area contributed by atoms with E-state index in [-0.39, 0.29) is 23.4 Å². The summed E-state index contributed by atoms with van der Waals surface area (Å²) in [4.78, 5) is 30.3. The number of piperazine rings is 1. The van der Waals surface area contributed by atoms with Gasteiger partial charge in [0.1, 0.15) is 5.75 Å². The lowest BCUT2D eigenvalue weighted by Crippen LogP contribution is -2.46. The fourth-order valence-electron chi connectivity index (χ4n) is 7.28. The number of carboxylic acids is 1. The van der Waals surface area contributed by atoms with Crippen molar-refractivity contribution in [2.45, 2.75) is 44.1 Å². The molecule has 0 radical (unpaired) electrons. The number of benzene rings is 2. The summed E-state index contributed by atoms with van der Waals surface area (Å²) in [6.45, 7) is 5.79. The second kappa shape index (κ2) is 11.6. The molecule has 3 N–H and O–H groups in total. The molecule has 2 aromatic rings. The maximum atomic E-state index is 13.7. The van der Waals surface area contributed by atoms with Crippen LogP contribution < -0.4 is 20.3 Å². The zero-order valence-electron chi connectivity index (χ0n) is 23.3. The zero-order chi connectivity index (χ0) is 27.6. The van der Waals surface area contributed by atoms with Gasteiger partial charge in [-0.15, -0.1) is 0 Å². The molecule has 3 heterocycles. The minimum atomic E-state index is -0.929. The SMILES string of the molecule is COc1ccc2c(c1)C=C(C(=O)NCCN1CCNCC1)CN1c3cc(C(=O)O)ccc3C(C3CCCCC3)C21. The van der Waals surface area contributed by atoms with Gasteiger partial charge < -0.3 is 25.4 Å². The van der Waals surface area contributed by atoms with E-state index in [2.05, 4.69) is 26.5 Å². The van der Waals surface area contributed by atoms with Crippen LogP contribution in [0.2, 0.25) is 0 Å². The lowest BCUT2D eigenvalue weighted by Gasteiger charge is -2.36. The van der Waals surface area contributed by atoms with Crippen LogP contribution in [-0.2, 0) is 4.79 Å². The molecule has 1 aliphatic carbocycles. The van der Waals surface area contributed by atoms with E-state index in [0.29, 0.717) is 24.6 Å². The number of amides is 1. The number of carbonyl (C=O) groups is 2. The molecule has 4 aliphatic rings. The lowest BCUT2D eigenvalue weighted by molar-refractivity contribution is -0.117. The summed E-state index contributed by atoms with van der Waals surface area (Å²) in [5, 5.41) is 16.4. The number of fused-ring (bicyclic) bond motifs is 5. The third-order valence-corrected chi connectivity index (χ3v) is 9.28. The molecule has 0 aromatic heterocycles. The molecule has 2 atom stereocenters. The Labute approximate surface area is 236 Å². The maximum absolute atomic E-state index is 13.7. The first-order valence-electron chi connectivity index (χ1n) is 14.8. The molecule has 0 bridgehead atoms. The summed E-state index contributed by atoms with van der Waals surface area (Å²) in [7, 11) is 1.67. The summed E-state index contributed by atoms with van der Waals surface area (Å²) in [6.07, 6.45) is 8.10. The number of hydrogen-bond donors (Lipinski definition) is 3. The van der Waals surface area contributed by atoms with Crippen LogP contribution in [0.3, 0.4) is 0 Å². The van der Waals surface area contributed by atoms with Crippen LogP contribution in [0.1, 0.15) is 71.1 Å². The maximum Gasteiger partial charge on any atom is 0.335 e. The van der Waals surface area contributed by atoms with Crippen molar-refractivity contribution in [1.29, 1.82) is 0 Å². The second-order valence-corrected chi connectivity index (χ2v) is 11.6. The Morgan fingerprint density at radius 3 is 2.58 bits per heavy atom. The van der Waals surface area contributed by atoms with Crippen molar-refractivity contribution in [3.63, 3.8) is 0 Å². The number of carbonyl (C=O) groups excluding carboxylic acids is 1. The molecule has 1 amide bonds. The van der Waals surface area contributed by atoms with Gasteiger partial charge in [0.25, 0.3) is 0 Å². The molecule has 1 saturated carbocycles. The molecule has 1 saturated heterocycles. The molecule has 0 spiro atoms. The third kappa shape index (κ3) is 5.22. The fraction of sp³-hybridized carbons (Fsp3) is 0.500. The zero-order valence-corrected chi connectivity index (χ0v) is 23.3. The van der Waals surface area contributed by atoms with Crippen molar-refractivity contribution in [2.75, 3.05) is 57.8 Å². The number of anilines is 1. The Morgan fingerprint density at radius 1 is 1.05 bits per heavy atom. The number of methoxy groups -OCH3 is 1. The van der Waals surface area contributed by atoms with Gasteiger partial charge in [-0.3, -0.25) is 9.69 Å². The highest BCUT2D eigenvalue weighted by molar-refractivity contribution is 6.00. The Balaban J connectivity index is 1.37. The van der Waals surface area contributed by atoms with Gasteiger partial charge in [-0.05, 0) is 65.8 Å². The van der Waals surface area contributed by atoms with Gasteiger partial charge >= 0.3 is 5.97 Å². The van der Waals surface area contributed by atoms with Gasteiger partial charge in [0.15, 0.2) is 0 Å². The second-order valence-electron chi connectivity index (χ2n) is 11.6. The highest BCUT2D eigenvalue weighted by Crippen LogP contribution is 2.57. The van der Waals surface area contributed by atoms with E-state index in [0.717, 1.165) is 49.7 Å². The summed E-state index contributed by atoms with van der Waals surface area (Å²) in [5.74, 6) is 0.527. The lowest BCUT2D eigenvalue weighted by atomic mass is 9.73. The smallest absolute Gasteiger partial charge is 0.335 e. The van der Waals surface area contributed by atoms with Crippen LogP contribution >= 0.6 is 0 Å². The predicted octanol–water partition coefficient (Wildman–Crippen LogP) is 4.04. The van der Waals surface area contributed by atoms with E-state index >= 15 is 0 Å². The summed E-state index contributed by atoms with van der Waals surface area (Å²) in [5.41, 5.74) is 5.31. The predicted molar refractivity (Wildman–Crippen MR) is 156 cm³/mol. The Morgan fingerprint density at radius 2 is 1.82 bits per heavy atom. The quantitative estimate of drug-likeness (QED) is 0.485. The third-order valence-electron chi connectivity index (χ3n) is 9.28. The molecule has 6 rings (SSSR count). The molecule has 2 fully saturated rings. The number of hydrogen-bond acceptors (Lipinski definition) is 6. The minimum Gasteiger partial charge on any atom is -0.497 e. The molecule has 8 heteroatoms. The first-order valence-corrected chi connectivity index (χ1v) is 14.8. The average Bonchev–Trinajstić information content (AvgIpc) is 3.20. The molecular formula is C32H40N4O4. The van der Waals surface area contributed by atoms with Crippen molar-refractivity contribution in [3.8, 4) is 5.75 Å². The summed E-state index contributed by atoms with van der Waals surface area (Å²) in [6, 6.07) is 11.8. The molecule has 2 aromatic carbocycles. The van der Waals surface area contributed by atoms with Gasteiger partial charge in [0.2, 0.25) is 5.91 Å². The van der Waals surface area contributed by atoms with Gasteiger partial charge in [-0.2, -0.15) is 0 Å². The van der Waals surface area contributed by atoms with Crippen LogP contribution in [0, 0.1) is 5.92 Å². The average molecular weight is 545 g/mol. The van der Waals surface area contributed by atoms with Crippen molar-refractivity contribution < 1.29 is 19.4 Å². The normalized spacial score (nSPS) is 22.9. The minimum absolute atomic E-state index is 0.0328. The monoisotopic (exact) mass is 544 g/mol. The molecule has 212 valence electrons. The van der Waals surface area contributed by atoms with Crippen molar-refractivity contribution in [1.82, 2.24) is 15.5 Å². The standard InChI is InChI=1S/C32H40N4O4/c1-40-25-8-10-26-23(18-25)17-24(31(37)34-13-16-35-14-11-33-12-15-35)20-36-28-19-22(32(38)39)7-9-27(28)29(30(26)36)21-5-3-2-4-6-21/h7-10,17-19,21,29-30,33H,2-6,11-16,20H2,1H3,(H,34,37)(H,38,39). The highest BCUT2D eigenvalue weighted by atomic mass is 16.5. The van der Waals surface area contributed by atoms with E-state index in [1.807, 2.05) is 30.3 Å². The number of nitrogens with zero attached hydrogens (tertiary/aromatic N) is 2. The molecule has 2 unspecified atom stereocenters.